The second kappa shape index (κ2) is 19.5. The van der Waals surface area contributed by atoms with Crippen molar-refractivity contribution in [3.05, 3.63) is 70.8 Å². The molecule has 1 unspecified atom stereocenters. The fourth-order valence-electron chi connectivity index (χ4n) is 11.3. The third-order valence-corrected chi connectivity index (χ3v) is 16.3. The van der Waals surface area contributed by atoms with Crippen LogP contribution in [0.2, 0.25) is 0 Å². The van der Waals surface area contributed by atoms with Crippen molar-refractivity contribution >= 4 is 52.0 Å². The van der Waals surface area contributed by atoms with Crippen LogP contribution in [0.3, 0.4) is 0 Å². The first kappa shape index (κ1) is 49.9. The molecule has 3 fully saturated rings. The summed E-state index contributed by atoms with van der Waals surface area (Å²) in [5.41, 5.74) is 7.69. The van der Waals surface area contributed by atoms with Gasteiger partial charge in [-0.15, -0.1) is 11.3 Å². The number of hydrogen-bond acceptors (Lipinski definition) is 11. The molecule has 6 bridgehead atoms. The van der Waals surface area contributed by atoms with Gasteiger partial charge in [0, 0.05) is 97.9 Å². The van der Waals surface area contributed by atoms with Crippen molar-refractivity contribution in [2.75, 3.05) is 46.9 Å². The van der Waals surface area contributed by atoms with Crippen LogP contribution in [0.15, 0.2) is 54.6 Å². The fourth-order valence-corrected chi connectivity index (χ4v) is 12.2. The summed E-state index contributed by atoms with van der Waals surface area (Å²) >= 11 is 1.44. The number of likely N-dealkylation sites (N-methyl/N-ethyl adjacent to an activating group) is 1. The number of fused-ring (bicyclic) bond motifs is 6. The van der Waals surface area contributed by atoms with E-state index < -0.39 is 40.8 Å². The summed E-state index contributed by atoms with van der Waals surface area (Å²) in [6.07, 6.45) is 6.80. The van der Waals surface area contributed by atoms with E-state index in [-0.39, 0.29) is 48.4 Å². The van der Waals surface area contributed by atoms with E-state index in [2.05, 4.69) is 78.8 Å². The maximum atomic E-state index is 15.0. The molecule has 17 heteroatoms. The maximum Gasteiger partial charge on any atom is 0.324 e. The van der Waals surface area contributed by atoms with Gasteiger partial charge >= 0.3 is 12.0 Å². The Hall–Kier alpha value is -6.09. The van der Waals surface area contributed by atoms with Gasteiger partial charge in [0.1, 0.15) is 12.1 Å². The van der Waals surface area contributed by atoms with Gasteiger partial charge in [-0.05, 0) is 94.2 Å². The number of likely N-dealkylation sites (tertiary alicyclic amines) is 2. The average molecular weight is 986 g/mol. The number of hydrogen-bond donors (Lipinski definition) is 2. The third kappa shape index (κ3) is 9.34. The summed E-state index contributed by atoms with van der Waals surface area (Å²) in [5, 5.41) is 8.34. The topological polar surface area (TPSA) is 172 Å². The minimum atomic E-state index is -1.40. The standard InChI is InChI=1S/C54H67N9O7S/c1-10-44(64)62-27-22-53(62)20-25-60(26-21-53)51(68)59(8)46(33(3)4)48(65)57-54(18-19-54)39-29-43-56-41(31-71-43)35-16-17-42-37(28-35)38(47(61(42)11-2)36-14-12-23-55-45(36)34(5)69-9)30-52(6,7)32-70-50(67)40-15-13-24-63(58-40)49(39)66/h10,12,14,16-17,23,28,31,33-34,39-40,46,58H,1,11,13,15,20-22,24-27,29-30,32H2,2-9H3,(H,57,65)/t34-,39?,40-,46-/m0/s1. The molecule has 1 aliphatic carbocycles. The highest BCUT2D eigenvalue weighted by atomic mass is 32.1. The molecule has 9 rings (SSSR count). The van der Waals surface area contributed by atoms with Gasteiger partial charge in [0.05, 0.1) is 40.7 Å². The van der Waals surface area contributed by atoms with Crippen LogP contribution in [0.25, 0.3) is 33.4 Å². The molecule has 4 aromatic rings. The molecule has 71 heavy (non-hydrogen) atoms. The van der Waals surface area contributed by atoms with E-state index in [1.54, 1.807) is 25.3 Å². The van der Waals surface area contributed by atoms with E-state index in [0.717, 1.165) is 51.1 Å². The lowest BCUT2D eigenvalue weighted by atomic mass is 9.76. The number of nitrogens with one attached hydrogen (secondary N) is 2. The number of amides is 5. The van der Waals surface area contributed by atoms with Gasteiger partial charge in [-0.3, -0.25) is 29.2 Å². The third-order valence-electron chi connectivity index (χ3n) is 15.5. The summed E-state index contributed by atoms with van der Waals surface area (Å²) in [6.45, 7) is 18.5. The van der Waals surface area contributed by atoms with Crippen molar-refractivity contribution in [1.29, 1.82) is 0 Å². The molecule has 376 valence electrons. The number of aryl methyl sites for hydroxylation is 1. The second-order valence-corrected chi connectivity index (χ2v) is 22.0. The highest BCUT2D eigenvalue weighted by molar-refractivity contribution is 7.10. The molecule has 16 nitrogen and oxygen atoms in total. The summed E-state index contributed by atoms with van der Waals surface area (Å²) in [6, 6.07) is 8.51. The summed E-state index contributed by atoms with van der Waals surface area (Å²) < 4.78 is 14.3. The van der Waals surface area contributed by atoms with Gasteiger partial charge in [0.2, 0.25) is 17.7 Å². The Morgan fingerprint density at radius 3 is 2.51 bits per heavy atom. The number of urea groups is 1. The number of benzene rings is 1. The fraction of sp³-hybridized carbons (Fsp3) is 0.537. The van der Waals surface area contributed by atoms with E-state index in [1.807, 2.05) is 37.1 Å². The van der Waals surface area contributed by atoms with Gasteiger partial charge in [-0.2, -0.15) is 0 Å². The van der Waals surface area contributed by atoms with Crippen LogP contribution in [-0.2, 0) is 48.0 Å². The minimum Gasteiger partial charge on any atom is -0.464 e. The molecule has 0 radical (unpaired) electrons. The van der Waals surface area contributed by atoms with Crippen molar-refractivity contribution < 1.29 is 33.4 Å². The van der Waals surface area contributed by atoms with Crippen LogP contribution < -0.4 is 10.7 Å². The Morgan fingerprint density at radius 1 is 1.10 bits per heavy atom. The largest absolute Gasteiger partial charge is 0.464 e. The first-order chi connectivity index (χ1) is 33.9. The first-order valence-electron chi connectivity index (χ1n) is 25.1. The normalized spacial score (nSPS) is 22.1. The van der Waals surface area contributed by atoms with E-state index in [0.29, 0.717) is 69.8 Å². The van der Waals surface area contributed by atoms with Crippen LogP contribution in [0.5, 0.6) is 0 Å². The predicted octanol–water partition coefficient (Wildman–Crippen LogP) is 6.54. The number of ether oxygens (including phenoxy) is 2. The van der Waals surface area contributed by atoms with Gasteiger partial charge in [-0.25, -0.2) is 15.2 Å². The van der Waals surface area contributed by atoms with Crippen LogP contribution >= 0.6 is 11.3 Å². The molecule has 3 saturated heterocycles. The number of pyridine rings is 1. The first-order valence-corrected chi connectivity index (χ1v) is 26.0. The van der Waals surface area contributed by atoms with Gasteiger partial charge < -0.3 is 34.1 Å². The number of piperidine rings is 1. The highest BCUT2D eigenvalue weighted by Crippen LogP contribution is 2.43. The smallest absolute Gasteiger partial charge is 0.324 e. The second-order valence-electron chi connectivity index (χ2n) is 21.0. The molecule has 4 aliphatic heterocycles. The lowest BCUT2D eigenvalue weighted by Crippen LogP contribution is -2.67. The molecule has 1 aromatic carbocycles. The van der Waals surface area contributed by atoms with Crippen LogP contribution in [0.1, 0.15) is 96.0 Å². The van der Waals surface area contributed by atoms with Gasteiger partial charge in [0.25, 0.3) is 0 Å². The zero-order valence-corrected chi connectivity index (χ0v) is 43.1. The SMILES string of the molecule is C=CC(=O)N1CCC12CCN(C(=O)N(C)[C@H](C(=O)NC1(C3Cc4nc(cs4)-c4ccc5c(c4)c(c(-c4cccnc4[C@H](C)OC)n5CC)CC(C)(C)COC(=O)[C@@H]4CCCN(N4)C3=O)C#C1)C(C)C)CC2. The van der Waals surface area contributed by atoms with Gasteiger partial charge in [-0.1, -0.05) is 52.2 Å². The van der Waals surface area contributed by atoms with Crippen LogP contribution in [-0.4, -0.2) is 134 Å². The summed E-state index contributed by atoms with van der Waals surface area (Å²) in [5.74, 6) is 3.68. The molecule has 3 aromatic heterocycles. The van der Waals surface area contributed by atoms with Crippen molar-refractivity contribution in [3.8, 4) is 34.4 Å². The maximum absolute atomic E-state index is 15.0. The molecule has 7 heterocycles. The lowest BCUT2D eigenvalue weighted by molar-refractivity contribution is -0.156. The van der Waals surface area contributed by atoms with E-state index in [4.69, 9.17) is 19.4 Å². The summed E-state index contributed by atoms with van der Waals surface area (Å²) in [7, 11) is 3.33. The Kier molecular flexibility index (Phi) is 13.7. The Balaban J connectivity index is 1.04. The molecular weight excluding hydrogens is 919 g/mol. The van der Waals surface area contributed by atoms with Crippen LogP contribution in [0.4, 0.5) is 4.79 Å². The van der Waals surface area contributed by atoms with Crippen molar-refractivity contribution in [2.24, 2.45) is 17.3 Å². The van der Waals surface area contributed by atoms with Crippen molar-refractivity contribution in [1.82, 2.24) is 45.0 Å². The summed E-state index contributed by atoms with van der Waals surface area (Å²) in [4.78, 5) is 85.5. The Bertz CT molecular complexity index is 2820. The number of hydrazine groups is 1. The highest BCUT2D eigenvalue weighted by Gasteiger charge is 2.53. The van der Waals surface area contributed by atoms with Gasteiger partial charge in [0.15, 0.2) is 5.54 Å². The molecule has 4 atom stereocenters. The molecular formula is C54H67N9O7S. The Morgan fingerprint density at radius 2 is 1.85 bits per heavy atom. The number of nitrogens with zero attached hydrogens (tertiary/aromatic N) is 7. The van der Waals surface area contributed by atoms with E-state index >= 15 is 4.79 Å². The number of esters is 1. The zero-order valence-electron chi connectivity index (χ0n) is 42.3. The average Bonchev–Trinajstić information content (AvgIpc) is 3.86. The number of carbonyl (C=O) groups is 5. The minimum absolute atomic E-state index is 0.0898. The predicted molar refractivity (Wildman–Crippen MR) is 271 cm³/mol. The van der Waals surface area contributed by atoms with Crippen molar-refractivity contribution in [2.45, 2.75) is 122 Å². The molecule has 5 aliphatic rings. The molecule has 2 N–H and O–H groups in total. The zero-order chi connectivity index (χ0) is 50.6. The van der Waals surface area contributed by atoms with Crippen LogP contribution in [0, 0.1) is 29.1 Å². The van der Waals surface area contributed by atoms with E-state index in [9.17, 15) is 19.2 Å². The number of rotatable bonds is 10. The Labute approximate surface area is 420 Å². The quantitative estimate of drug-likeness (QED) is 0.101. The molecule has 1 spiro atoms. The molecule has 5 amide bonds. The number of aromatic nitrogens is 3. The molecule has 0 saturated carbocycles. The number of methoxy groups -OCH3 is 1. The van der Waals surface area contributed by atoms with E-state index in [1.165, 1.54) is 27.3 Å². The number of thiazole rings is 1. The van der Waals surface area contributed by atoms with Crippen molar-refractivity contribution in [3.63, 3.8) is 0 Å². The number of cyclic esters (lactones) is 1. The number of carbonyl (C=O) groups excluding carboxylic acids is 5. The lowest BCUT2D eigenvalue weighted by Gasteiger charge is -2.56. The monoisotopic (exact) mass is 985 g/mol.